The fraction of sp³-hybridized carbons (Fsp3) is 0.158. The van der Waals surface area contributed by atoms with Crippen LogP contribution in [0.2, 0.25) is 5.02 Å². The molecule has 0 radical (unpaired) electrons. The zero-order chi connectivity index (χ0) is 18.0. The summed E-state index contributed by atoms with van der Waals surface area (Å²) >= 11 is 6.04. The third kappa shape index (κ3) is 3.51. The van der Waals surface area contributed by atoms with Gasteiger partial charge in [-0.2, -0.15) is 5.10 Å². The Kier molecular flexibility index (Phi) is 4.76. The molecular weight excluding hydrogens is 334 g/mol. The number of nitrogens with zero attached hydrogens (tertiary/aromatic N) is 2. The highest BCUT2D eigenvalue weighted by molar-refractivity contribution is 6.30. The summed E-state index contributed by atoms with van der Waals surface area (Å²) in [6.45, 7) is 4.13. The maximum absolute atomic E-state index is 6.04. The second-order valence-corrected chi connectivity index (χ2v) is 6.53. The molecule has 25 heavy (non-hydrogen) atoms. The minimum Gasteiger partial charge on any atom is -0.369 e. The van der Waals surface area contributed by atoms with E-state index < -0.39 is 0 Å². The number of hydrogen-bond acceptors (Lipinski definition) is 2. The van der Waals surface area contributed by atoms with Crippen LogP contribution in [0.25, 0.3) is 22.2 Å². The summed E-state index contributed by atoms with van der Waals surface area (Å²) in [5, 5.41) is 9.98. The Hall–Kier alpha value is -2.79. The number of aromatic nitrogens is 1. The van der Waals surface area contributed by atoms with Crippen molar-refractivity contribution in [2.45, 2.75) is 13.8 Å². The molecule has 0 aliphatic heterocycles. The summed E-state index contributed by atoms with van der Waals surface area (Å²) in [7, 11) is 0. The average molecular weight is 354 g/mol. The van der Waals surface area contributed by atoms with Crippen molar-refractivity contribution in [3.8, 4) is 11.3 Å². The highest BCUT2D eigenvalue weighted by Crippen LogP contribution is 2.33. The second kappa shape index (κ2) is 6.99. The van der Waals surface area contributed by atoms with E-state index in [0.717, 1.165) is 33.4 Å². The van der Waals surface area contributed by atoms with Gasteiger partial charge in [0.1, 0.15) is 0 Å². The van der Waals surface area contributed by atoms with Gasteiger partial charge in [0.05, 0.1) is 11.4 Å². The number of hydrogen-bond donors (Lipinski definition) is 3. The number of aromatic amines is 1. The number of nitrogens with two attached hydrogens (primary N) is 2. The highest BCUT2D eigenvalue weighted by atomic mass is 35.5. The van der Waals surface area contributed by atoms with Crippen LogP contribution >= 0.6 is 11.6 Å². The molecule has 5 nitrogen and oxygen atoms in total. The van der Waals surface area contributed by atoms with Crippen LogP contribution in [0.5, 0.6) is 0 Å². The van der Waals surface area contributed by atoms with Crippen molar-refractivity contribution in [1.29, 1.82) is 0 Å². The first kappa shape index (κ1) is 17.0. The Morgan fingerprint density at radius 2 is 1.68 bits per heavy atom. The van der Waals surface area contributed by atoms with Crippen LogP contribution in [-0.4, -0.2) is 16.7 Å². The minimum absolute atomic E-state index is 0.0639. The lowest BCUT2D eigenvalue weighted by molar-refractivity contribution is 0.877. The molecule has 0 fully saturated rings. The zero-order valence-corrected chi connectivity index (χ0v) is 14.9. The summed E-state index contributed by atoms with van der Waals surface area (Å²) in [6, 6.07) is 15.8. The van der Waals surface area contributed by atoms with E-state index in [-0.39, 0.29) is 11.9 Å². The van der Waals surface area contributed by atoms with Gasteiger partial charge in [0, 0.05) is 21.5 Å². The SMILES string of the molecule is CC(C)C(=NN=C(N)N)c1c(-c2ccc(Cl)cc2)[nH]c2ccccc12. The van der Waals surface area contributed by atoms with Gasteiger partial charge in [-0.05, 0) is 29.7 Å². The number of fused-ring (bicyclic) bond motifs is 1. The number of rotatable bonds is 4. The van der Waals surface area contributed by atoms with Gasteiger partial charge in [-0.25, -0.2) is 0 Å². The molecule has 5 N–H and O–H groups in total. The summed E-state index contributed by atoms with van der Waals surface area (Å²) in [4.78, 5) is 3.49. The van der Waals surface area contributed by atoms with Gasteiger partial charge < -0.3 is 16.5 Å². The van der Waals surface area contributed by atoms with Crippen LogP contribution in [0.4, 0.5) is 0 Å². The van der Waals surface area contributed by atoms with Crippen molar-refractivity contribution in [3.63, 3.8) is 0 Å². The topological polar surface area (TPSA) is 92.5 Å². The van der Waals surface area contributed by atoms with Crippen LogP contribution in [0.1, 0.15) is 19.4 Å². The van der Waals surface area contributed by atoms with Crippen LogP contribution in [0.3, 0.4) is 0 Å². The van der Waals surface area contributed by atoms with Gasteiger partial charge in [-0.15, -0.1) is 5.10 Å². The molecule has 0 unspecified atom stereocenters. The van der Waals surface area contributed by atoms with Gasteiger partial charge in [0.25, 0.3) is 0 Å². The molecule has 2 aromatic carbocycles. The molecule has 0 saturated carbocycles. The van der Waals surface area contributed by atoms with Crippen molar-refractivity contribution >= 4 is 34.2 Å². The maximum atomic E-state index is 6.04. The van der Waals surface area contributed by atoms with Crippen molar-refractivity contribution in [1.82, 2.24) is 4.98 Å². The van der Waals surface area contributed by atoms with Crippen LogP contribution in [-0.2, 0) is 0 Å². The summed E-state index contributed by atoms with van der Waals surface area (Å²) in [5.74, 6) is 0.0689. The molecule has 3 rings (SSSR count). The largest absolute Gasteiger partial charge is 0.369 e. The number of para-hydroxylation sites is 1. The molecule has 0 amide bonds. The first-order valence-corrected chi connectivity index (χ1v) is 8.38. The van der Waals surface area contributed by atoms with E-state index in [9.17, 15) is 0 Å². The standard InChI is InChI=1S/C19H20ClN5/c1-11(2)17(24-25-19(21)22)16-14-5-3-4-6-15(14)23-18(16)12-7-9-13(20)10-8-12/h3-11,23H,1-2H3,(H4,21,22,25). The van der Waals surface area contributed by atoms with Gasteiger partial charge in [0.2, 0.25) is 5.96 Å². The van der Waals surface area contributed by atoms with E-state index in [1.165, 1.54) is 0 Å². The number of nitrogens with one attached hydrogen (secondary N) is 1. The van der Waals surface area contributed by atoms with Crippen molar-refractivity contribution in [2.75, 3.05) is 0 Å². The molecule has 0 aliphatic carbocycles. The lowest BCUT2D eigenvalue weighted by Gasteiger charge is -2.11. The molecule has 3 aromatic rings. The first-order valence-electron chi connectivity index (χ1n) is 8.01. The fourth-order valence-electron chi connectivity index (χ4n) is 2.81. The van der Waals surface area contributed by atoms with Gasteiger partial charge >= 0.3 is 0 Å². The molecule has 0 spiro atoms. The number of guanidine groups is 1. The van der Waals surface area contributed by atoms with Crippen molar-refractivity contribution in [3.05, 3.63) is 59.1 Å². The highest BCUT2D eigenvalue weighted by Gasteiger charge is 2.20. The molecule has 0 atom stereocenters. The lowest BCUT2D eigenvalue weighted by Crippen LogP contribution is -2.22. The van der Waals surface area contributed by atoms with Crippen molar-refractivity contribution < 1.29 is 0 Å². The van der Waals surface area contributed by atoms with E-state index in [0.29, 0.717) is 5.02 Å². The van der Waals surface area contributed by atoms with Gasteiger partial charge in [0.15, 0.2) is 0 Å². The van der Waals surface area contributed by atoms with E-state index >= 15 is 0 Å². The Morgan fingerprint density at radius 1 is 1.00 bits per heavy atom. The summed E-state index contributed by atoms with van der Waals surface area (Å²) in [6.07, 6.45) is 0. The second-order valence-electron chi connectivity index (χ2n) is 6.09. The van der Waals surface area contributed by atoms with E-state index in [4.69, 9.17) is 23.1 Å². The van der Waals surface area contributed by atoms with Crippen LogP contribution < -0.4 is 11.5 Å². The molecule has 1 aromatic heterocycles. The predicted octanol–water partition coefficient (Wildman–Crippen LogP) is 4.12. The zero-order valence-electron chi connectivity index (χ0n) is 14.1. The molecule has 128 valence electrons. The van der Waals surface area contributed by atoms with Crippen molar-refractivity contribution in [2.24, 2.45) is 27.6 Å². The predicted molar refractivity (Wildman–Crippen MR) is 106 cm³/mol. The molecule has 0 saturated heterocycles. The summed E-state index contributed by atoms with van der Waals surface area (Å²) < 4.78 is 0. The third-order valence-corrected chi connectivity index (χ3v) is 4.17. The lowest BCUT2D eigenvalue weighted by atomic mass is 9.94. The molecule has 0 aliphatic rings. The van der Waals surface area contributed by atoms with Gasteiger partial charge in [-0.1, -0.05) is 55.8 Å². The maximum Gasteiger partial charge on any atom is 0.211 e. The quantitative estimate of drug-likeness (QED) is 0.374. The third-order valence-electron chi connectivity index (χ3n) is 3.92. The average Bonchev–Trinajstić information content (AvgIpc) is 2.95. The summed E-state index contributed by atoms with van der Waals surface area (Å²) in [5.41, 5.74) is 15.8. The minimum atomic E-state index is -0.0639. The Labute approximate surface area is 151 Å². The molecular formula is C19H20ClN5. The molecule has 1 heterocycles. The Morgan fingerprint density at radius 3 is 2.32 bits per heavy atom. The number of H-pyrrole nitrogens is 1. The fourth-order valence-corrected chi connectivity index (χ4v) is 2.93. The first-order chi connectivity index (χ1) is 12.0. The van der Waals surface area contributed by atoms with Crippen LogP contribution in [0.15, 0.2) is 58.7 Å². The Balaban J connectivity index is 2.31. The molecule has 6 heteroatoms. The molecule has 0 bridgehead atoms. The monoisotopic (exact) mass is 353 g/mol. The van der Waals surface area contributed by atoms with Gasteiger partial charge in [-0.3, -0.25) is 0 Å². The van der Waals surface area contributed by atoms with E-state index in [1.807, 2.05) is 42.5 Å². The van der Waals surface area contributed by atoms with E-state index in [1.54, 1.807) is 0 Å². The van der Waals surface area contributed by atoms with E-state index in [2.05, 4.69) is 35.1 Å². The normalized spacial score (nSPS) is 11.9. The smallest absolute Gasteiger partial charge is 0.211 e. The number of halogens is 1. The number of benzene rings is 2. The Bertz CT molecular complexity index is 948. The van der Waals surface area contributed by atoms with Crippen LogP contribution in [0, 0.1) is 5.92 Å².